The van der Waals surface area contributed by atoms with Gasteiger partial charge in [-0.2, -0.15) is 0 Å². The molecule has 0 radical (unpaired) electrons. The molecule has 8 nitrogen and oxygen atoms in total. The molecule has 4 aromatic carbocycles. The normalized spacial score (nSPS) is 12.0. The number of carbonyl (C=O) groups is 2. The van der Waals surface area contributed by atoms with Crippen molar-refractivity contribution in [2.45, 2.75) is 44.7 Å². The van der Waals surface area contributed by atoms with Gasteiger partial charge in [-0.15, -0.1) is 0 Å². The van der Waals surface area contributed by atoms with Crippen LogP contribution in [0, 0.1) is 12.8 Å². The van der Waals surface area contributed by atoms with Crippen LogP contribution >= 0.6 is 11.6 Å². The minimum Gasteiger partial charge on any atom is -0.497 e. The summed E-state index contributed by atoms with van der Waals surface area (Å²) in [5, 5.41) is 3.42. The number of anilines is 1. The Labute approximate surface area is 277 Å². The van der Waals surface area contributed by atoms with Crippen molar-refractivity contribution in [3.8, 4) is 5.75 Å². The van der Waals surface area contributed by atoms with E-state index in [0.29, 0.717) is 17.3 Å². The minimum absolute atomic E-state index is 0.0170. The van der Waals surface area contributed by atoms with Crippen molar-refractivity contribution in [3.05, 3.63) is 125 Å². The van der Waals surface area contributed by atoms with Crippen molar-refractivity contribution < 1.29 is 22.7 Å². The van der Waals surface area contributed by atoms with Crippen LogP contribution in [-0.4, -0.2) is 51.4 Å². The van der Waals surface area contributed by atoms with Gasteiger partial charge in [0.25, 0.3) is 10.0 Å². The van der Waals surface area contributed by atoms with Crippen molar-refractivity contribution in [1.82, 2.24) is 10.2 Å². The molecule has 0 heterocycles. The standard InChI is InChI=1S/C36H40ClN3O5S/c1-26(2)23-38-36(42)34(22-28-8-6-5-7-9-28)39(24-29-12-10-27(3)11-13-29)35(41)25-40(31-16-14-30(37)15-17-31)46(43,44)33-20-18-32(45-4)19-21-33/h5-21,26,34H,22-25H2,1-4H3,(H,38,42)/t34-/m1/s1. The van der Waals surface area contributed by atoms with E-state index < -0.39 is 28.5 Å². The van der Waals surface area contributed by atoms with Gasteiger partial charge in [0.2, 0.25) is 11.8 Å². The van der Waals surface area contributed by atoms with Gasteiger partial charge in [-0.1, -0.05) is 85.6 Å². The lowest BCUT2D eigenvalue weighted by molar-refractivity contribution is -0.140. The first kappa shape index (κ1) is 34.5. The number of sulfonamides is 1. The van der Waals surface area contributed by atoms with E-state index in [0.717, 1.165) is 21.0 Å². The molecule has 0 saturated carbocycles. The molecule has 242 valence electrons. The van der Waals surface area contributed by atoms with Gasteiger partial charge in [0.05, 0.1) is 17.7 Å². The highest BCUT2D eigenvalue weighted by Gasteiger charge is 2.34. The summed E-state index contributed by atoms with van der Waals surface area (Å²) in [6, 6.07) is 28.5. The third-order valence-electron chi connectivity index (χ3n) is 7.47. The van der Waals surface area contributed by atoms with E-state index in [4.69, 9.17) is 16.3 Å². The largest absolute Gasteiger partial charge is 0.497 e. The number of amides is 2. The van der Waals surface area contributed by atoms with Crippen LogP contribution in [0.15, 0.2) is 108 Å². The lowest BCUT2D eigenvalue weighted by Crippen LogP contribution is -2.53. The fourth-order valence-corrected chi connectivity index (χ4v) is 6.42. The predicted octanol–water partition coefficient (Wildman–Crippen LogP) is 6.26. The number of rotatable bonds is 14. The summed E-state index contributed by atoms with van der Waals surface area (Å²) in [4.78, 5) is 29.8. The maximum absolute atomic E-state index is 14.5. The number of methoxy groups -OCH3 is 1. The molecule has 0 unspecified atom stereocenters. The summed E-state index contributed by atoms with van der Waals surface area (Å²) in [6.07, 6.45) is 0.245. The van der Waals surface area contributed by atoms with E-state index in [9.17, 15) is 18.0 Å². The average Bonchev–Trinajstić information content (AvgIpc) is 3.05. The van der Waals surface area contributed by atoms with Crippen molar-refractivity contribution in [3.63, 3.8) is 0 Å². The molecule has 4 aromatic rings. The highest BCUT2D eigenvalue weighted by Crippen LogP contribution is 2.27. The van der Waals surface area contributed by atoms with Crippen LogP contribution < -0.4 is 14.4 Å². The molecule has 0 aromatic heterocycles. The molecule has 10 heteroatoms. The lowest BCUT2D eigenvalue weighted by Gasteiger charge is -2.34. The van der Waals surface area contributed by atoms with Crippen molar-refractivity contribution in [2.24, 2.45) is 5.92 Å². The van der Waals surface area contributed by atoms with Crippen molar-refractivity contribution in [1.29, 1.82) is 0 Å². The number of hydrogen-bond acceptors (Lipinski definition) is 5. The maximum Gasteiger partial charge on any atom is 0.264 e. The first-order valence-electron chi connectivity index (χ1n) is 15.1. The van der Waals surface area contributed by atoms with Gasteiger partial charge in [-0.05, 0) is 72.5 Å². The second-order valence-electron chi connectivity index (χ2n) is 11.5. The van der Waals surface area contributed by atoms with Gasteiger partial charge in [0.15, 0.2) is 0 Å². The Morgan fingerprint density at radius 1 is 0.848 bits per heavy atom. The van der Waals surface area contributed by atoms with Gasteiger partial charge >= 0.3 is 0 Å². The number of nitrogens with zero attached hydrogens (tertiary/aromatic N) is 2. The monoisotopic (exact) mass is 661 g/mol. The third-order valence-corrected chi connectivity index (χ3v) is 9.51. The van der Waals surface area contributed by atoms with Gasteiger partial charge < -0.3 is 15.0 Å². The molecule has 1 N–H and O–H groups in total. The molecular weight excluding hydrogens is 622 g/mol. The zero-order chi connectivity index (χ0) is 33.3. The third kappa shape index (κ3) is 9.11. The fraction of sp³-hybridized carbons (Fsp3) is 0.278. The number of benzene rings is 4. The van der Waals surface area contributed by atoms with E-state index in [1.54, 1.807) is 36.4 Å². The van der Waals surface area contributed by atoms with Crippen molar-refractivity contribution >= 4 is 39.1 Å². The van der Waals surface area contributed by atoms with Crippen LogP contribution in [-0.2, 0) is 32.6 Å². The van der Waals surface area contributed by atoms with Crippen LogP contribution in [0.3, 0.4) is 0 Å². The smallest absolute Gasteiger partial charge is 0.264 e. The topological polar surface area (TPSA) is 96.0 Å². The first-order chi connectivity index (χ1) is 22.0. The molecule has 1 atom stereocenters. The van der Waals surface area contributed by atoms with Gasteiger partial charge in [-0.3, -0.25) is 13.9 Å². The Morgan fingerprint density at radius 3 is 2.07 bits per heavy atom. The summed E-state index contributed by atoms with van der Waals surface area (Å²) >= 11 is 6.14. The zero-order valence-corrected chi connectivity index (χ0v) is 28.1. The molecule has 4 rings (SSSR count). The molecule has 0 fully saturated rings. The number of aryl methyl sites for hydroxylation is 1. The molecule has 46 heavy (non-hydrogen) atoms. The highest BCUT2D eigenvalue weighted by molar-refractivity contribution is 7.92. The SMILES string of the molecule is COc1ccc(S(=O)(=O)N(CC(=O)N(Cc2ccc(C)cc2)[C@H](Cc2ccccc2)C(=O)NCC(C)C)c2ccc(Cl)cc2)cc1. The van der Waals surface area contributed by atoms with E-state index in [-0.39, 0.29) is 35.4 Å². The average molecular weight is 662 g/mol. The first-order valence-corrected chi connectivity index (χ1v) is 16.9. The number of ether oxygens (including phenoxy) is 1. The predicted molar refractivity (Wildman–Crippen MR) is 182 cm³/mol. The molecule has 2 amide bonds. The number of hydrogen-bond donors (Lipinski definition) is 1. The second-order valence-corrected chi connectivity index (χ2v) is 13.8. The number of carbonyl (C=O) groups excluding carboxylic acids is 2. The van der Waals surface area contributed by atoms with Crippen LogP contribution in [0.5, 0.6) is 5.75 Å². The molecule has 0 saturated heterocycles. The Morgan fingerprint density at radius 2 is 1.48 bits per heavy atom. The molecule has 0 aliphatic rings. The second kappa shape index (κ2) is 15.8. The quantitative estimate of drug-likeness (QED) is 0.172. The van der Waals surface area contributed by atoms with Gasteiger partial charge in [0.1, 0.15) is 18.3 Å². The highest BCUT2D eigenvalue weighted by atomic mass is 35.5. The van der Waals surface area contributed by atoms with E-state index in [1.165, 1.54) is 24.1 Å². The zero-order valence-electron chi connectivity index (χ0n) is 26.5. The summed E-state index contributed by atoms with van der Waals surface area (Å²) in [6.45, 7) is 5.94. The van der Waals surface area contributed by atoms with Crippen LogP contribution in [0.25, 0.3) is 0 Å². The van der Waals surface area contributed by atoms with E-state index in [2.05, 4.69) is 5.32 Å². The minimum atomic E-state index is -4.24. The molecular formula is C36H40ClN3O5S. The molecule has 0 aliphatic carbocycles. The fourth-order valence-electron chi connectivity index (χ4n) is 4.88. The Kier molecular flexibility index (Phi) is 11.8. The molecule has 0 spiro atoms. The van der Waals surface area contributed by atoms with Crippen LogP contribution in [0.1, 0.15) is 30.5 Å². The summed E-state index contributed by atoms with van der Waals surface area (Å²) in [7, 11) is -2.74. The summed E-state index contributed by atoms with van der Waals surface area (Å²) < 4.78 is 34.6. The lowest BCUT2D eigenvalue weighted by atomic mass is 10.0. The van der Waals surface area contributed by atoms with E-state index >= 15 is 0 Å². The van der Waals surface area contributed by atoms with Gasteiger partial charge in [-0.25, -0.2) is 8.42 Å². The Bertz CT molecular complexity index is 1700. The van der Waals surface area contributed by atoms with Crippen molar-refractivity contribution in [2.75, 3.05) is 24.5 Å². The van der Waals surface area contributed by atoms with Crippen LogP contribution in [0.2, 0.25) is 5.02 Å². The summed E-state index contributed by atoms with van der Waals surface area (Å²) in [5.74, 6) is -0.159. The number of nitrogens with one attached hydrogen (secondary N) is 1. The molecule has 0 bridgehead atoms. The summed E-state index contributed by atoms with van der Waals surface area (Å²) in [5.41, 5.74) is 2.99. The Hall–Kier alpha value is -4.34. The van der Waals surface area contributed by atoms with E-state index in [1.807, 2.05) is 75.4 Å². The number of halogens is 1. The molecule has 0 aliphatic heterocycles. The van der Waals surface area contributed by atoms with Crippen LogP contribution in [0.4, 0.5) is 5.69 Å². The Balaban J connectivity index is 1.79. The maximum atomic E-state index is 14.5. The van der Waals surface area contributed by atoms with Gasteiger partial charge in [0, 0.05) is 24.5 Å².